The third-order valence-corrected chi connectivity index (χ3v) is 10.7. The molecule has 12 heteroatoms. The van der Waals surface area contributed by atoms with E-state index in [1.807, 2.05) is 13.8 Å². The minimum Gasteiger partial charge on any atom is -0.495 e. The third kappa shape index (κ3) is 4.62. The van der Waals surface area contributed by atoms with Crippen LogP contribution >= 0.6 is 0 Å². The number of nitrogens with zero attached hydrogens (tertiary/aromatic N) is 3. The predicted molar refractivity (Wildman–Crippen MR) is 160 cm³/mol. The van der Waals surface area contributed by atoms with Crippen molar-refractivity contribution in [2.45, 2.75) is 62.0 Å². The maximum Gasteiger partial charge on any atom is 0.270 e. The van der Waals surface area contributed by atoms with E-state index in [0.29, 0.717) is 25.3 Å². The van der Waals surface area contributed by atoms with E-state index in [1.54, 1.807) is 4.90 Å². The molecule has 7 rings (SSSR count). The van der Waals surface area contributed by atoms with Crippen molar-refractivity contribution >= 4 is 27.4 Å². The van der Waals surface area contributed by atoms with Crippen LogP contribution in [-0.2, 0) is 26.6 Å². The summed E-state index contributed by atoms with van der Waals surface area (Å²) in [6.45, 7) is 6.72. The second kappa shape index (κ2) is 10.2. The highest BCUT2D eigenvalue weighted by atomic mass is 32.2. The summed E-state index contributed by atoms with van der Waals surface area (Å²) in [5.41, 5.74) is 4.32. The molecule has 2 aromatic carbocycles. The first-order chi connectivity index (χ1) is 20.6. The van der Waals surface area contributed by atoms with Crippen LogP contribution in [0.2, 0.25) is 0 Å². The van der Waals surface area contributed by atoms with Crippen molar-refractivity contribution in [3.63, 3.8) is 0 Å². The van der Waals surface area contributed by atoms with Crippen molar-refractivity contribution in [1.82, 2.24) is 10.1 Å². The first-order valence-electron chi connectivity index (χ1n) is 14.7. The Morgan fingerprint density at radius 3 is 2.44 bits per heavy atom. The maximum absolute atomic E-state index is 14.0. The first-order valence-corrected chi connectivity index (χ1v) is 16.2. The van der Waals surface area contributed by atoms with E-state index in [2.05, 4.69) is 33.0 Å². The van der Waals surface area contributed by atoms with Gasteiger partial charge in [-0.05, 0) is 69.4 Å². The Morgan fingerprint density at radius 1 is 1.09 bits per heavy atom. The van der Waals surface area contributed by atoms with Crippen molar-refractivity contribution in [1.29, 1.82) is 0 Å². The molecule has 1 aromatic heterocycles. The number of nitrogens with one attached hydrogen (secondary N) is 1. The second-order valence-electron chi connectivity index (χ2n) is 12.1. The summed E-state index contributed by atoms with van der Waals surface area (Å²) in [6, 6.07) is 9.27. The van der Waals surface area contributed by atoms with Gasteiger partial charge < -0.3 is 28.5 Å². The van der Waals surface area contributed by atoms with Gasteiger partial charge in [0.2, 0.25) is 0 Å². The predicted octanol–water partition coefficient (Wildman–Crippen LogP) is 4.21. The van der Waals surface area contributed by atoms with Gasteiger partial charge in [-0.1, -0.05) is 11.2 Å². The summed E-state index contributed by atoms with van der Waals surface area (Å²) in [7, 11) is -1.55. The molecule has 43 heavy (non-hydrogen) atoms. The lowest BCUT2D eigenvalue weighted by Gasteiger charge is -2.37. The van der Waals surface area contributed by atoms with Crippen LogP contribution in [0.5, 0.6) is 11.5 Å². The molecule has 3 aromatic rings. The van der Waals surface area contributed by atoms with Gasteiger partial charge in [-0.15, -0.1) is 0 Å². The standard InChI is InChI=1S/C31H36N4O7S/c1-18-17-41-19(2)16-35(18)30(36)20-12-25(39-3)28(26(13-20)40-4)43(37,38)33-29-23-15-31(8-9-31)24-7-6-21(34-10-5-11-34)14-22(24)27(23)42-32-29/h6-7,12-14,18-19H,5,8-11,15-17H2,1-4H3,(H,32,33)/t18-,19-/m0/s1. The van der Waals surface area contributed by atoms with Crippen molar-refractivity contribution in [3.05, 3.63) is 47.0 Å². The number of sulfonamides is 1. The number of fused-ring (bicyclic) bond motifs is 4. The average Bonchev–Trinajstić information content (AvgIpc) is 3.64. The van der Waals surface area contributed by atoms with Crippen molar-refractivity contribution in [2.24, 2.45) is 0 Å². The van der Waals surface area contributed by atoms with Gasteiger partial charge in [0.15, 0.2) is 16.5 Å². The number of morpholine rings is 1. The van der Waals surface area contributed by atoms with E-state index < -0.39 is 10.0 Å². The quantitative estimate of drug-likeness (QED) is 0.420. The third-order valence-electron chi connectivity index (χ3n) is 9.27. The normalized spacial score (nSPS) is 22.0. The fraction of sp³-hybridized carbons (Fsp3) is 0.484. The molecule has 0 bridgehead atoms. The van der Waals surface area contributed by atoms with Crippen molar-refractivity contribution < 1.29 is 31.9 Å². The number of methoxy groups -OCH3 is 2. The summed E-state index contributed by atoms with van der Waals surface area (Å²) in [4.78, 5) is 17.3. The van der Waals surface area contributed by atoms with E-state index in [0.717, 1.165) is 42.7 Å². The molecular formula is C31H36N4O7S. The number of hydrogen-bond acceptors (Lipinski definition) is 9. The Kier molecular flexibility index (Phi) is 6.62. The van der Waals surface area contributed by atoms with E-state index in [1.165, 1.54) is 38.3 Å². The minimum absolute atomic E-state index is 0.00952. The molecule has 1 amide bonds. The maximum atomic E-state index is 14.0. The van der Waals surface area contributed by atoms with Gasteiger partial charge in [-0.25, -0.2) is 8.42 Å². The van der Waals surface area contributed by atoms with E-state index >= 15 is 0 Å². The van der Waals surface area contributed by atoms with Crippen LogP contribution in [0.4, 0.5) is 11.5 Å². The molecule has 0 unspecified atom stereocenters. The zero-order valence-electron chi connectivity index (χ0n) is 24.8. The van der Waals surface area contributed by atoms with Gasteiger partial charge >= 0.3 is 0 Å². The first kappa shape index (κ1) is 28.0. The van der Waals surface area contributed by atoms with E-state index in [4.69, 9.17) is 18.7 Å². The zero-order valence-corrected chi connectivity index (χ0v) is 25.6. The molecule has 3 heterocycles. The molecule has 4 aliphatic rings. The Hall–Kier alpha value is -3.77. The van der Waals surface area contributed by atoms with Gasteiger partial charge in [-0.3, -0.25) is 9.52 Å². The zero-order chi connectivity index (χ0) is 30.1. The smallest absolute Gasteiger partial charge is 0.270 e. The largest absolute Gasteiger partial charge is 0.495 e. The summed E-state index contributed by atoms with van der Waals surface area (Å²) in [6.07, 6.45) is 3.76. The fourth-order valence-electron chi connectivity index (χ4n) is 6.55. The van der Waals surface area contributed by atoms with Crippen LogP contribution in [0.25, 0.3) is 11.3 Å². The van der Waals surface area contributed by atoms with E-state index in [-0.39, 0.29) is 51.2 Å². The lowest BCUT2D eigenvalue weighted by Crippen LogP contribution is -2.50. The van der Waals surface area contributed by atoms with Gasteiger partial charge in [0.25, 0.3) is 15.9 Å². The highest BCUT2D eigenvalue weighted by Crippen LogP contribution is 2.59. The number of carbonyl (C=O) groups is 1. The van der Waals surface area contributed by atoms with Gasteiger partial charge in [0, 0.05) is 47.4 Å². The molecule has 2 saturated heterocycles. The molecule has 2 atom stereocenters. The summed E-state index contributed by atoms with van der Waals surface area (Å²) < 4.78 is 53.1. The Morgan fingerprint density at radius 2 is 1.81 bits per heavy atom. The monoisotopic (exact) mass is 608 g/mol. The molecule has 2 aliphatic carbocycles. The van der Waals surface area contributed by atoms with Crippen LogP contribution in [0.3, 0.4) is 0 Å². The number of carbonyl (C=O) groups excluding carboxylic acids is 1. The SMILES string of the molecule is COc1cc(C(=O)N2C[C@H](C)OC[C@@H]2C)cc(OC)c1S(=O)(=O)Nc1noc2c1CC1(CC1)c1ccc(N3CCC3)cc1-2. The van der Waals surface area contributed by atoms with Gasteiger partial charge in [-0.2, -0.15) is 0 Å². The number of amides is 1. The molecule has 1 saturated carbocycles. The van der Waals surface area contributed by atoms with Crippen LogP contribution < -0.4 is 19.1 Å². The molecule has 3 fully saturated rings. The number of rotatable bonds is 7. The summed E-state index contributed by atoms with van der Waals surface area (Å²) >= 11 is 0. The van der Waals surface area contributed by atoms with Crippen LogP contribution in [0.15, 0.2) is 39.8 Å². The van der Waals surface area contributed by atoms with Crippen molar-refractivity contribution in [3.8, 4) is 22.8 Å². The molecule has 0 radical (unpaired) electrons. The number of aromatic nitrogens is 1. The molecule has 1 N–H and O–H groups in total. The molecule has 2 aliphatic heterocycles. The van der Waals surface area contributed by atoms with Crippen LogP contribution in [0.1, 0.15) is 54.6 Å². The summed E-state index contributed by atoms with van der Waals surface area (Å²) in [5.74, 6) is 0.477. The molecule has 228 valence electrons. The lowest BCUT2D eigenvalue weighted by atomic mass is 9.79. The fourth-order valence-corrected chi connectivity index (χ4v) is 7.88. The lowest BCUT2D eigenvalue weighted by molar-refractivity contribution is -0.0387. The van der Waals surface area contributed by atoms with Crippen LogP contribution in [0, 0.1) is 0 Å². The van der Waals surface area contributed by atoms with Gasteiger partial charge in [0.05, 0.1) is 33.0 Å². The highest BCUT2D eigenvalue weighted by molar-refractivity contribution is 7.93. The number of benzene rings is 2. The van der Waals surface area contributed by atoms with E-state index in [9.17, 15) is 13.2 Å². The number of anilines is 2. The Balaban J connectivity index is 1.23. The molecule has 1 spiro atoms. The number of ether oxygens (including phenoxy) is 3. The average molecular weight is 609 g/mol. The minimum atomic E-state index is -4.28. The topological polar surface area (TPSA) is 123 Å². The van der Waals surface area contributed by atoms with Crippen LogP contribution in [-0.4, -0.2) is 77.0 Å². The Labute approximate surface area is 251 Å². The Bertz CT molecular complexity index is 1690. The summed E-state index contributed by atoms with van der Waals surface area (Å²) in [5, 5.41) is 4.21. The molecule has 11 nitrogen and oxygen atoms in total. The molecular weight excluding hydrogens is 572 g/mol. The van der Waals surface area contributed by atoms with Crippen molar-refractivity contribution in [2.75, 3.05) is 50.1 Å². The second-order valence-corrected chi connectivity index (χ2v) is 13.8. The van der Waals surface area contributed by atoms with Gasteiger partial charge in [0.1, 0.15) is 11.5 Å². The highest BCUT2D eigenvalue weighted by Gasteiger charge is 2.51. The number of hydrogen-bond donors (Lipinski definition) is 1.